The summed E-state index contributed by atoms with van der Waals surface area (Å²) in [5.74, 6) is 0. The van der Waals surface area contributed by atoms with E-state index in [2.05, 4.69) is 31.0 Å². The first-order valence-electron chi connectivity index (χ1n) is 8.39. The van der Waals surface area contributed by atoms with Crippen molar-refractivity contribution in [1.82, 2.24) is 0 Å². The number of benzene rings is 1. The number of anilines is 1. The van der Waals surface area contributed by atoms with Gasteiger partial charge in [-0.3, -0.25) is 0 Å². The van der Waals surface area contributed by atoms with Gasteiger partial charge in [-0.1, -0.05) is 50.3 Å². The molecule has 1 atom stereocenters. The predicted molar refractivity (Wildman–Crippen MR) is 93.3 cm³/mol. The van der Waals surface area contributed by atoms with Gasteiger partial charge >= 0.3 is 0 Å². The van der Waals surface area contributed by atoms with E-state index in [1.54, 1.807) is 0 Å². The number of rotatable bonds is 5. The second kappa shape index (κ2) is 8.05. The number of nitrogens with two attached hydrogens (primary N) is 1. The molecule has 1 saturated carbocycles. The average molecular weight is 309 g/mol. The highest BCUT2D eigenvalue weighted by Gasteiger charge is 2.21. The smallest absolute Gasteiger partial charge is 0.0459 e. The Hall–Kier alpha value is -0.730. The summed E-state index contributed by atoms with van der Waals surface area (Å²) in [5.41, 5.74) is 8.67. The van der Waals surface area contributed by atoms with Gasteiger partial charge in [-0.2, -0.15) is 0 Å². The van der Waals surface area contributed by atoms with Crippen molar-refractivity contribution in [2.24, 2.45) is 5.73 Å². The third kappa shape index (κ3) is 4.37. The number of hydrogen-bond donors (Lipinski definition) is 1. The molecule has 1 aliphatic rings. The molecule has 2 N–H and O–H groups in total. The summed E-state index contributed by atoms with van der Waals surface area (Å²) in [4.78, 5) is 2.45. The summed E-state index contributed by atoms with van der Waals surface area (Å²) < 4.78 is 0. The summed E-state index contributed by atoms with van der Waals surface area (Å²) in [6, 6.07) is 7.08. The van der Waals surface area contributed by atoms with Crippen LogP contribution >= 0.6 is 11.6 Å². The second-order valence-electron chi connectivity index (χ2n) is 6.37. The van der Waals surface area contributed by atoms with Crippen molar-refractivity contribution >= 4 is 17.3 Å². The van der Waals surface area contributed by atoms with Crippen LogP contribution in [0.2, 0.25) is 5.02 Å². The van der Waals surface area contributed by atoms with Crippen LogP contribution in [0.4, 0.5) is 5.69 Å². The predicted octanol–water partition coefficient (Wildman–Crippen LogP) is 4.78. The molecule has 1 fully saturated rings. The highest BCUT2D eigenvalue weighted by atomic mass is 35.5. The van der Waals surface area contributed by atoms with Gasteiger partial charge in [-0.25, -0.2) is 0 Å². The first-order valence-corrected chi connectivity index (χ1v) is 8.77. The SMILES string of the molecule is CCC(N)Cc1c(Cl)cccc1N(C)C1CCCCCC1. The van der Waals surface area contributed by atoms with Gasteiger partial charge in [0.2, 0.25) is 0 Å². The fourth-order valence-corrected chi connectivity index (χ4v) is 3.57. The zero-order valence-electron chi connectivity index (χ0n) is 13.4. The van der Waals surface area contributed by atoms with Crippen molar-refractivity contribution in [3.8, 4) is 0 Å². The van der Waals surface area contributed by atoms with Crippen LogP contribution in [0.15, 0.2) is 18.2 Å². The molecule has 0 amide bonds. The van der Waals surface area contributed by atoms with Crippen molar-refractivity contribution < 1.29 is 0 Å². The number of hydrogen-bond acceptors (Lipinski definition) is 2. The molecule has 0 saturated heterocycles. The van der Waals surface area contributed by atoms with Gasteiger partial charge in [0, 0.05) is 29.8 Å². The minimum atomic E-state index is 0.186. The fraction of sp³-hybridized carbons (Fsp3) is 0.667. The topological polar surface area (TPSA) is 29.3 Å². The molecule has 1 aromatic rings. The molecule has 0 bridgehead atoms. The van der Waals surface area contributed by atoms with E-state index in [9.17, 15) is 0 Å². The number of nitrogens with zero attached hydrogens (tertiary/aromatic N) is 1. The normalized spacial score (nSPS) is 18.3. The molecule has 2 nitrogen and oxygen atoms in total. The van der Waals surface area contributed by atoms with Gasteiger partial charge in [-0.05, 0) is 43.4 Å². The Balaban J connectivity index is 2.22. The van der Waals surface area contributed by atoms with Crippen molar-refractivity contribution in [3.05, 3.63) is 28.8 Å². The molecule has 2 rings (SSSR count). The molecule has 0 spiro atoms. The minimum absolute atomic E-state index is 0.186. The highest BCUT2D eigenvalue weighted by Crippen LogP contribution is 2.32. The zero-order chi connectivity index (χ0) is 15.2. The van der Waals surface area contributed by atoms with Crippen LogP contribution in [-0.2, 0) is 6.42 Å². The van der Waals surface area contributed by atoms with E-state index in [0.29, 0.717) is 6.04 Å². The largest absolute Gasteiger partial charge is 0.371 e. The lowest BCUT2D eigenvalue weighted by Gasteiger charge is -2.32. The monoisotopic (exact) mass is 308 g/mol. The molecule has 0 aliphatic heterocycles. The summed E-state index contributed by atoms with van der Waals surface area (Å²) in [5, 5.41) is 0.858. The van der Waals surface area contributed by atoms with E-state index in [4.69, 9.17) is 17.3 Å². The number of halogens is 1. The quantitative estimate of drug-likeness (QED) is 0.793. The van der Waals surface area contributed by atoms with Gasteiger partial charge in [-0.15, -0.1) is 0 Å². The van der Waals surface area contributed by atoms with Gasteiger partial charge in [0.15, 0.2) is 0 Å². The fourth-order valence-electron chi connectivity index (χ4n) is 3.33. The first-order chi connectivity index (χ1) is 10.1. The molecule has 0 radical (unpaired) electrons. The Kier molecular flexibility index (Phi) is 6.38. The van der Waals surface area contributed by atoms with E-state index < -0.39 is 0 Å². The molecule has 118 valence electrons. The second-order valence-corrected chi connectivity index (χ2v) is 6.77. The zero-order valence-corrected chi connectivity index (χ0v) is 14.2. The van der Waals surface area contributed by atoms with Crippen LogP contribution in [-0.4, -0.2) is 19.1 Å². The lowest BCUT2D eigenvalue weighted by atomic mass is 10.00. The van der Waals surface area contributed by atoms with Gasteiger partial charge < -0.3 is 10.6 Å². The van der Waals surface area contributed by atoms with E-state index in [1.165, 1.54) is 49.8 Å². The van der Waals surface area contributed by atoms with E-state index >= 15 is 0 Å². The summed E-state index contributed by atoms with van der Waals surface area (Å²) in [6.07, 6.45) is 9.89. The Labute approximate surface area is 134 Å². The van der Waals surface area contributed by atoms with Gasteiger partial charge in [0.1, 0.15) is 0 Å². The molecule has 3 heteroatoms. The lowest BCUT2D eigenvalue weighted by molar-refractivity contribution is 0.550. The molecule has 1 unspecified atom stereocenters. The minimum Gasteiger partial charge on any atom is -0.371 e. The summed E-state index contributed by atoms with van der Waals surface area (Å²) in [7, 11) is 2.22. The maximum atomic E-state index is 6.46. The van der Waals surface area contributed by atoms with E-state index in [-0.39, 0.29) is 6.04 Å². The third-order valence-corrected chi connectivity index (χ3v) is 5.19. The molecule has 1 aromatic carbocycles. The Bertz CT molecular complexity index is 439. The molecule has 21 heavy (non-hydrogen) atoms. The molecular formula is C18H29ClN2. The van der Waals surface area contributed by atoms with E-state index in [1.807, 2.05) is 6.07 Å². The Morgan fingerprint density at radius 1 is 1.24 bits per heavy atom. The molecule has 1 aliphatic carbocycles. The Morgan fingerprint density at radius 3 is 2.52 bits per heavy atom. The summed E-state index contributed by atoms with van der Waals surface area (Å²) >= 11 is 6.46. The molecule has 0 heterocycles. The van der Waals surface area contributed by atoms with Crippen LogP contribution in [0.3, 0.4) is 0 Å². The van der Waals surface area contributed by atoms with Crippen LogP contribution in [0, 0.1) is 0 Å². The van der Waals surface area contributed by atoms with Crippen molar-refractivity contribution in [3.63, 3.8) is 0 Å². The average Bonchev–Trinajstić information content (AvgIpc) is 2.77. The standard InChI is InChI=1S/C18H29ClN2/c1-3-14(20)13-16-17(19)11-8-12-18(16)21(2)15-9-6-4-5-7-10-15/h8,11-12,14-15H,3-7,9-10,13,20H2,1-2H3. The lowest BCUT2D eigenvalue weighted by Crippen LogP contribution is -2.32. The van der Waals surface area contributed by atoms with Crippen molar-refractivity contribution in [1.29, 1.82) is 0 Å². The Morgan fingerprint density at radius 2 is 1.90 bits per heavy atom. The first kappa shape index (κ1) is 16.6. The van der Waals surface area contributed by atoms with Gasteiger partial charge in [0.05, 0.1) is 0 Å². The van der Waals surface area contributed by atoms with E-state index in [0.717, 1.165) is 17.9 Å². The third-order valence-electron chi connectivity index (χ3n) is 4.84. The van der Waals surface area contributed by atoms with Crippen molar-refractivity contribution in [2.45, 2.75) is 70.4 Å². The van der Waals surface area contributed by atoms with Gasteiger partial charge in [0.25, 0.3) is 0 Å². The van der Waals surface area contributed by atoms with Crippen LogP contribution in [0.1, 0.15) is 57.4 Å². The van der Waals surface area contributed by atoms with Crippen molar-refractivity contribution in [2.75, 3.05) is 11.9 Å². The maximum absolute atomic E-state index is 6.46. The van der Waals surface area contributed by atoms with Crippen LogP contribution in [0.25, 0.3) is 0 Å². The van der Waals surface area contributed by atoms with Crippen LogP contribution < -0.4 is 10.6 Å². The van der Waals surface area contributed by atoms with Crippen LogP contribution in [0.5, 0.6) is 0 Å². The highest BCUT2D eigenvalue weighted by molar-refractivity contribution is 6.31. The molecular weight excluding hydrogens is 280 g/mol. The maximum Gasteiger partial charge on any atom is 0.0459 e. The molecule has 0 aromatic heterocycles. The summed E-state index contributed by atoms with van der Waals surface area (Å²) in [6.45, 7) is 2.14.